The molecule has 0 atom stereocenters. The molecule has 0 bridgehead atoms. The van der Waals surface area contributed by atoms with Crippen molar-refractivity contribution in [3.8, 4) is 0 Å². The molecular weight excluding hydrogens is 198 g/mol. The maximum absolute atomic E-state index is 5.35. The van der Waals surface area contributed by atoms with Crippen LogP contribution in [0.25, 0.3) is 0 Å². The molecule has 0 heterocycles. The van der Waals surface area contributed by atoms with Gasteiger partial charge in [-0.3, -0.25) is 4.99 Å². The van der Waals surface area contributed by atoms with Crippen LogP contribution >= 0.6 is 0 Å². The average molecular weight is 217 g/mol. The summed E-state index contributed by atoms with van der Waals surface area (Å²) in [6, 6.07) is 8.37. The highest BCUT2D eigenvalue weighted by atomic mass is 16.5. The van der Waals surface area contributed by atoms with Crippen LogP contribution in [0.1, 0.15) is 31.2 Å². The summed E-state index contributed by atoms with van der Waals surface area (Å²) in [5.41, 5.74) is 3.68. The summed E-state index contributed by atoms with van der Waals surface area (Å²) in [6.07, 6.45) is 4.82. The normalized spacial score (nSPS) is 20.9. The van der Waals surface area contributed by atoms with Crippen LogP contribution in [0.3, 0.4) is 0 Å². The van der Waals surface area contributed by atoms with E-state index in [1.807, 2.05) is 0 Å². The molecule has 0 radical (unpaired) electrons. The van der Waals surface area contributed by atoms with Gasteiger partial charge in [0.2, 0.25) is 0 Å². The minimum atomic E-state index is 0.441. The van der Waals surface area contributed by atoms with Crippen LogP contribution in [-0.2, 0) is 4.74 Å². The number of aliphatic imine (C=N–C) groups is 1. The van der Waals surface area contributed by atoms with E-state index in [1.165, 1.54) is 11.3 Å². The molecule has 2 heteroatoms. The van der Waals surface area contributed by atoms with Crippen molar-refractivity contribution >= 4 is 11.4 Å². The van der Waals surface area contributed by atoms with E-state index in [4.69, 9.17) is 9.73 Å². The lowest BCUT2D eigenvalue weighted by atomic mass is 9.95. The topological polar surface area (TPSA) is 21.6 Å². The van der Waals surface area contributed by atoms with E-state index >= 15 is 0 Å². The number of aryl methyl sites for hydroxylation is 1. The number of benzene rings is 1. The Bertz CT molecular complexity index is 374. The molecule has 0 N–H and O–H groups in total. The maximum atomic E-state index is 5.35. The summed E-state index contributed by atoms with van der Waals surface area (Å²) < 4.78 is 5.35. The molecule has 86 valence electrons. The van der Waals surface area contributed by atoms with Crippen molar-refractivity contribution in [3.63, 3.8) is 0 Å². The fourth-order valence-corrected chi connectivity index (χ4v) is 2.15. The summed E-state index contributed by atoms with van der Waals surface area (Å²) in [7, 11) is 1.80. The number of rotatable bonds is 2. The Balaban J connectivity index is 2.03. The predicted octanol–water partition coefficient (Wildman–Crippen LogP) is 3.66. The van der Waals surface area contributed by atoms with E-state index in [2.05, 4.69) is 31.2 Å². The van der Waals surface area contributed by atoms with E-state index in [-0.39, 0.29) is 0 Å². The Morgan fingerprint density at radius 2 is 2.00 bits per heavy atom. The van der Waals surface area contributed by atoms with Crippen LogP contribution in [0.4, 0.5) is 5.69 Å². The number of ether oxygens (including phenoxy) is 1. The molecule has 1 saturated carbocycles. The molecule has 2 rings (SSSR count). The van der Waals surface area contributed by atoms with Crippen LogP contribution < -0.4 is 0 Å². The second-order valence-corrected chi connectivity index (χ2v) is 4.45. The fraction of sp³-hybridized carbons (Fsp3) is 0.500. The van der Waals surface area contributed by atoms with Gasteiger partial charge in [0.25, 0.3) is 0 Å². The van der Waals surface area contributed by atoms with Crippen LogP contribution in [0.15, 0.2) is 29.3 Å². The molecule has 0 unspecified atom stereocenters. The van der Waals surface area contributed by atoms with E-state index in [0.717, 1.165) is 31.4 Å². The molecule has 16 heavy (non-hydrogen) atoms. The first-order valence-corrected chi connectivity index (χ1v) is 5.94. The van der Waals surface area contributed by atoms with Gasteiger partial charge in [-0.25, -0.2) is 0 Å². The van der Waals surface area contributed by atoms with Crippen molar-refractivity contribution in [1.29, 1.82) is 0 Å². The third-order valence-corrected chi connectivity index (χ3v) is 3.13. The highest BCUT2D eigenvalue weighted by Crippen LogP contribution is 2.22. The Labute approximate surface area is 97.4 Å². The van der Waals surface area contributed by atoms with Crippen molar-refractivity contribution in [2.45, 2.75) is 38.7 Å². The SMILES string of the molecule is COC1CCC(=Nc2cccc(C)c2)CC1. The predicted molar refractivity (Wildman–Crippen MR) is 67.5 cm³/mol. The lowest BCUT2D eigenvalue weighted by Crippen LogP contribution is -2.19. The second kappa shape index (κ2) is 5.26. The Morgan fingerprint density at radius 1 is 1.25 bits per heavy atom. The number of methoxy groups -OCH3 is 1. The highest BCUT2D eigenvalue weighted by Gasteiger charge is 2.16. The zero-order valence-electron chi connectivity index (χ0n) is 10.1. The maximum Gasteiger partial charge on any atom is 0.0631 e. The summed E-state index contributed by atoms with van der Waals surface area (Å²) >= 11 is 0. The third-order valence-electron chi connectivity index (χ3n) is 3.13. The molecule has 0 aliphatic heterocycles. The standard InChI is InChI=1S/C14H19NO/c1-11-4-3-5-13(10-11)15-12-6-8-14(16-2)9-7-12/h3-5,10,14H,6-9H2,1-2H3. The monoisotopic (exact) mass is 217 g/mol. The smallest absolute Gasteiger partial charge is 0.0631 e. The lowest BCUT2D eigenvalue weighted by Gasteiger charge is -2.21. The number of hydrogen-bond acceptors (Lipinski definition) is 2. The molecule has 1 fully saturated rings. The molecule has 0 amide bonds. The third kappa shape index (κ3) is 2.92. The first kappa shape index (κ1) is 11.3. The largest absolute Gasteiger partial charge is 0.381 e. The molecule has 0 aromatic heterocycles. The quantitative estimate of drug-likeness (QED) is 0.741. The average Bonchev–Trinajstić information content (AvgIpc) is 2.30. The number of nitrogens with zero attached hydrogens (tertiary/aromatic N) is 1. The Kier molecular flexibility index (Phi) is 3.73. The molecule has 1 aromatic carbocycles. The van der Waals surface area contributed by atoms with Gasteiger partial charge in [-0.1, -0.05) is 12.1 Å². The first-order chi connectivity index (χ1) is 7.78. The van der Waals surface area contributed by atoms with Gasteiger partial charge in [0.05, 0.1) is 11.8 Å². The van der Waals surface area contributed by atoms with Gasteiger partial charge in [0.15, 0.2) is 0 Å². The van der Waals surface area contributed by atoms with E-state index in [0.29, 0.717) is 6.10 Å². The molecule has 0 spiro atoms. The van der Waals surface area contributed by atoms with Gasteiger partial charge in [-0.2, -0.15) is 0 Å². The van der Waals surface area contributed by atoms with Gasteiger partial charge in [0, 0.05) is 12.8 Å². The highest BCUT2D eigenvalue weighted by molar-refractivity contribution is 5.87. The zero-order chi connectivity index (χ0) is 11.4. The summed E-state index contributed by atoms with van der Waals surface area (Å²) in [5.74, 6) is 0. The summed E-state index contributed by atoms with van der Waals surface area (Å²) in [6.45, 7) is 2.10. The first-order valence-electron chi connectivity index (χ1n) is 5.94. The van der Waals surface area contributed by atoms with Crippen LogP contribution in [0.5, 0.6) is 0 Å². The van der Waals surface area contributed by atoms with Crippen LogP contribution in [-0.4, -0.2) is 18.9 Å². The van der Waals surface area contributed by atoms with Gasteiger partial charge in [-0.15, -0.1) is 0 Å². The van der Waals surface area contributed by atoms with Crippen molar-refractivity contribution in [1.82, 2.24) is 0 Å². The Hall–Kier alpha value is -1.15. The lowest BCUT2D eigenvalue weighted by molar-refractivity contribution is 0.0863. The molecule has 2 nitrogen and oxygen atoms in total. The van der Waals surface area contributed by atoms with Crippen molar-refractivity contribution in [3.05, 3.63) is 29.8 Å². The Morgan fingerprint density at radius 3 is 2.62 bits per heavy atom. The second-order valence-electron chi connectivity index (χ2n) is 4.45. The number of hydrogen-bond donors (Lipinski definition) is 0. The molecular formula is C14H19NO. The van der Waals surface area contributed by atoms with Gasteiger partial charge in [0.1, 0.15) is 0 Å². The van der Waals surface area contributed by atoms with E-state index in [9.17, 15) is 0 Å². The van der Waals surface area contributed by atoms with E-state index < -0.39 is 0 Å². The van der Waals surface area contributed by atoms with Crippen LogP contribution in [0.2, 0.25) is 0 Å². The molecule has 1 aliphatic rings. The fourth-order valence-electron chi connectivity index (χ4n) is 2.15. The molecule has 1 aromatic rings. The van der Waals surface area contributed by atoms with Crippen molar-refractivity contribution < 1.29 is 4.74 Å². The summed E-state index contributed by atoms with van der Waals surface area (Å²) in [4.78, 5) is 4.71. The van der Waals surface area contributed by atoms with Crippen molar-refractivity contribution in [2.75, 3.05) is 7.11 Å². The van der Waals surface area contributed by atoms with Crippen molar-refractivity contribution in [2.24, 2.45) is 4.99 Å². The summed E-state index contributed by atoms with van der Waals surface area (Å²) in [5, 5.41) is 0. The molecule has 1 aliphatic carbocycles. The minimum Gasteiger partial charge on any atom is -0.381 e. The molecule has 0 saturated heterocycles. The minimum absolute atomic E-state index is 0.441. The van der Waals surface area contributed by atoms with Gasteiger partial charge >= 0.3 is 0 Å². The van der Waals surface area contributed by atoms with Crippen LogP contribution in [0, 0.1) is 6.92 Å². The zero-order valence-corrected chi connectivity index (χ0v) is 10.1. The van der Waals surface area contributed by atoms with Gasteiger partial charge < -0.3 is 4.74 Å². The van der Waals surface area contributed by atoms with E-state index in [1.54, 1.807) is 7.11 Å². The van der Waals surface area contributed by atoms with Gasteiger partial charge in [-0.05, 0) is 50.3 Å².